The maximum atomic E-state index is 11.1. The highest BCUT2D eigenvalue weighted by Gasteiger charge is 2.41. The fourth-order valence-corrected chi connectivity index (χ4v) is 2.02. The Morgan fingerprint density at radius 1 is 1.31 bits per heavy atom. The Bertz CT molecular complexity index is 420. The summed E-state index contributed by atoms with van der Waals surface area (Å²) in [5.41, 5.74) is 0.616. The van der Waals surface area contributed by atoms with Gasteiger partial charge in [-0.05, 0) is 25.1 Å². The number of benzene rings is 1. The molecule has 0 bridgehead atoms. The minimum Gasteiger partial charge on any atom is -0.497 e. The van der Waals surface area contributed by atoms with Gasteiger partial charge in [-0.15, -0.1) is 0 Å². The molecule has 2 rings (SSSR count). The summed E-state index contributed by atoms with van der Waals surface area (Å²) in [6.07, 6.45) is 0.483. The molecule has 1 atom stereocenters. The first-order chi connectivity index (χ1) is 7.59. The molecule has 1 saturated heterocycles. The second-order valence-corrected chi connectivity index (χ2v) is 4.12. The zero-order chi connectivity index (χ0) is 11.8. The second kappa shape index (κ2) is 3.70. The molecule has 1 heterocycles. The summed E-state index contributed by atoms with van der Waals surface area (Å²) >= 11 is 0. The smallest absolute Gasteiger partial charge is 0.223 e. The number of β-lactam (4-membered cyclic amide) rings is 1. The van der Waals surface area contributed by atoms with Crippen LogP contribution in [0.25, 0.3) is 0 Å². The fourth-order valence-electron chi connectivity index (χ4n) is 2.02. The first kappa shape index (κ1) is 10.8. The lowest BCUT2D eigenvalue weighted by molar-refractivity contribution is -0.132. The van der Waals surface area contributed by atoms with Gasteiger partial charge < -0.3 is 14.8 Å². The summed E-state index contributed by atoms with van der Waals surface area (Å²) in [6, 6.07) is 5.59. The highest BCUT2D eigenvalue weighted by molar-refractivity contribution is 5.85. The number of carbonyl (C=O) groups excluding carboxylic acids is 1. The van der Waals surface area contributed by atoms with Crippen molar-refractivity contribution in [2.24, 2.45) is 0 Å². The lowest BCUT2D eigenvalue weighted by Crippen LogP contribution is -2.56. The zero-order valence-corrected chi connectivity index (χ0v) is 9.66. The number of nitrogens with one attached hydrogen (secondary N) is 1. The molecular formula is C12H15NO3. The van der Waals surface area contributed by atoms with Crippen LogP contribution in [0.5, 0.6) is 11.5 Å². The normalized spacial score (nSPS) is 23.3. The highest BCUT2D eigenvalue weighted by atomic mass is 16.5. The molecule has 0 aliphatic carbocycles. The van der Waals surface area contributed by atoms with Crippen LogP contribution in [0.15, 0.2) is 18.2 Å². The van der Waals surface area contributed by atoms with Crippen LogP contribution >= 0.6 is 0 Å². The topological polar surface area (TPSA) is 47.6 Å². The minimum atomic E-state index is -0.336. The maximum Gasteiger partial charge on any atom is 0.223 e. The van der Waals surface area contributed by atoms with Gasteiger partial charge in [-0.25, -0.2) is 0 Å². The number of carbonyl (C=O) groups is 1. The van der Waals surface area contributed by atoms with Crippen molar-refractivity contribution < 1.29 is 14.3 Å². The fraction of sp³-hybridized carbons (Fsp3) is 0.417. The van der Waals surface area contributed by atoms with E-state index in [4.69, 9.17) is 9.47 Å². The number of hydrogen-bond donors (Lipinski definition) is 1. The van der Waals surface area contributed by atoms with Gasteiger partial charge in [0.2, 0.25) is 5.91 Å². The van der Waals surface area contributed by atoms with Crippen molar-refractivity contribution in [3.05, 3.63) is 23.8 Å². The third-order valence-corrected chi connectivity index (χ3v) is 2.93. The van der Waals surface area contributed by atoms with Crippen molar-refractivity contribution >= 4 is 5.91 Å². The van der Waals surface area contributed by atoms with Crippen LogP contribution in [-0.2, 0) is 10.3 Å². The first-order valence-electron chi connectivity index (χ1n) is 5.12. The predicted octanol–water partition coefficient (Wildman–Crippen LogP) is 1.44. The Morgan fingerprint density at radius 3 is 2.50 bits per heavy atom. The van der Waals surface area contributed by atoms with Crippen LogP contribution in [0.1, 0.15) is 18.9 Å². The molecule has 1 aromatic carbocycles. The third kappa shape index (κ3) is 1.60. The van der Waals surface area contributed by atoms with Gasteiger partial charge >= 0.3 is 0 Å². The Hall–Kier alpha value is -1.71. The molecule has 1 fully saturated rings. The van der Waals surface area contributed by atoms with Crippen molar-refractivity contribution in [2.75, 3.05) is 14.2 Å². The maximum absolute atomic E-state index is 11.1. The Labute approximate surface area is 94.6 Å². The summed E-state index contributed by atoms with van der Waals surface area (Å²) in [6.45, 7) is 1.98. The molecule has 1 aliphatic rings. The van der Waals surface area contributed by atoms with Crippen LogP contribution in [0, 0.1) is 0 Å². The van der Waals surface area contributed by atoms with E-state index in [0.29, 0.717) is 6.42 Å². The Balaban J connectivity index is 2.41. The van der Waals surface area contributed by atoms with Gasteiger partial charge in [-0.3, -0.25) is 4.79 Å². The molecule has 4 heteroatoms. The molecule has 0 spiro atoms. The molecular weight excluding hydrogens is 206 g/mol. The van der Waals surface area contributed by atoms with Crippen molar-refractivity contribution in [3.63, 3.8) is 0 Å². The van der Waals surface area contributed by atoms with Gasteiger partial charge in [0.1, 0.15) is 11.5 Å². The molecule has 1 N–H and O–H groups in total. The van der Waals surface area contributed by atoms with Crippen molar-refractivity contribution in [3.8, 4) is 11.5 Å². The average Bonchev–Trinajstić information content (AvgIpc) is 2.26. The molecule has 1 amide bonds. The third-order valence-electron chi connectivity index (χ3n) is 2.93. The lowest BCUT2D eigenvalue weighted by atomic mass is 9.81. The van der Waals surface area contributed by atoms with Crippen LogP contribution in [-0.4, -0.2) is 20.1 Å². The second-order valence-electron chi connectivity index (χ2n) is 4.12. The monoisotopic (exact) mass is 221 g/mol. The summed E-state index contributed by atoms with van der Waals surface area (Å²) in [5, 5.41) is 2.89. The number of rotatable bonds is 3. The summed E-state index contributed by atoms with van der Waals surface area (Å²) < 4.78 is 10.5. The average molecular weight is 221 g/mol. The molecule has 0 aromatic heterocycles. The van der Waals surface area contributed by atoms with E-state index in [1.54, 1.807) is 14.2 Å². The van der Waals surface area contributed by atoms with Crippen LogP contribution in [0.2, 0.25) is 0 Å². The SMILES string of the molecule is COc1ccc(OC)c(C2(C)CC(=O)N2)c1. The first-order valence-corrected chi connectivity index (χ1v) is 5.12. The van der Waals surface area contributed by atoms with Gasteiger partial charge in [0.05, 0.1) is 26.2 Å². The number of hydrogen-bond acceptors (Lipinski definition) is 3. The van der Waals surface area contributed by atoms with Crippen molar-refractivity contribution in [1.29, 1.82) is 0 Å². The summed E-state index contributed by atoms with van der Waals surface area (Å²) in [5.74, 6) is 1.59. The number of ether oxygens (including phenoxy) is 2. The largest absolute Gasteiger partial charge is 0.497 e. The van der Waals surface area contributed by atoms with Gasteiger partial charge in [0.25, 0.3) is 0 Å². The van der Waals surface area contributed by atoms with Crippen LogP contribution in [0.4, 0.5) is 0 Å². The van der Waals surface area contributed by atoms with E-state index < -0.39 is 0 Å². The van der Waals surface area contributed by atoms with E-state index >= 15 is 0 Å². The Morgan fingerprint density at radius 2 is 2.00 bits per heavy atom. The molecule has 1 aliphatic heterocycles. The summed E-state index contributed by atoms with van der Waals surface area (Å²) in [4.78, 5) is 11.1. The molecule has 16 heavy (non-hydrogen) atoms. The Kier molecular flexibility index (Phi) is 2.50. The van der Waals surface area contributed by atoms with Gasteiger partial charge in [0.15, 0.2) is 0 Å². The lowest BCUT2D eigenvalue weighted by Gasteiger charge is -2.40. The van der Waals surface area contributed by atoms with E-state index in [-0.39, 0.29) is 11.4 Å². The molecule has 86 valence electrons. The zero-order valence-electron chi connectivity index (χ0n) is 9.66. The van der Waals surface area contributed by atoms with Crippen molar-refractivity contribution in [2.45, 2.75) is 18.9 Å². The molecule has 1 aromatic rings. The standard InChI is InChI=1S/C12H15NO3/c1-12(7-11(14)13-12)9-6-8(15-2)4-5-10(9)16-3/h4-6H,7H2,1-3H3,(H,13,14). The molecule has 1 unspecified atom stereocenters. The van der Waals surface area contributed by atoms with Crippen LogP contribution < -0.4 is 14.8 Å². The van der Waals surface area contributed by atoms with E-state index in [0.717, 1.165) is 17.1 Å². The van der Waals surface area contributed by atoms with E-state index in [1.165, 1.54) is 0 Å². The molecule has 0 saturated carbocycles. The van der Waals surface area contributed by atoms with E-state index in [1.807, 2.05) is 25.1 Å². The van der Waals surface area contributed by atoms with Crippen molar-refractivity contribution in [1.82, 2.24) is 5.32 Å². The predicted molar refractivity (Wildman–Crippen MR) is 59.7 cm³/mol. The van der Waals surface area contributed by atoms with Gasteiger partial charge in [0, 0.05) is 5.56 Å². The van der Waals surface area contributed by atoms with Gasteiger partial charge in [-0.1, -0.05) is 0 Å². The quantitative estimate of drug-likeness (QED) is 0.786. The van der Waals surface area contributed by atoms with Crippen LogP contribution in [0.3, 0.4) is 0 Å². The number of amides is 1. The molecule has 0 radical (unpaired) electrons. The van der Waals surface area contributed by atoms with Gasteiger partial charge in [-0.2, -0.15) is 0 Å². The van der Waals surface area contributed by atoms with E-state index in [2.05, 4.69) is 5.32 Å². The summed E-state index contributed by atoms with van der Waals surface area (Å²) in [7, 11) is 3.24. The van der Waals surface area contributed by atoms with E-state index in [9.17, 15) is 4.79 Å². The number of methoxy groups -OCH3 is 2. The molecule has 4 nitrogen and oxygen atoms in total. The minimum absolute atomic E-state index is 0.0624. The highest BCUT2D eigenvalue weighted by Crippen LogP contribution is 2.39.